The molecule has 0 aliphatic carbocycles. The number of anilines is 1. The average molecular weight is 581 g/mol. The van der Waals surface area contributed by atoms with E-state index in [1.165, 1.54) is 41.3 Å². The highest BCUT2D eigenvalue weighted by molar-refractivity contribution is 7.92. The van der Waals surface area contributed by atoms with Gasteiger partial charge >= 0.3 is 0 Å². The van der Waals surface area contributed by atoms with E-state index in [9.17, 15) is 28.1 Å². The number of nitro groups is 1. The number of unbranched alkanes of at least 4 members (excludes halogenated alkanes) is 1. The Bertz CT molecular complexity index is 1400. The maximum atomic E-state index is 14.0. The van der Waals surface area contributed by atoms with Gasteiger partial charge < -0.3 is 10.2 Å². The number of non-ortho nitro benzene ring substituents is 1. The molecule has 0 bridgehead atoms. The number of rotatable bonds is 15. The summed E-state index contributed by atoms with van der Waals surface area (Å²) in [6, 6.07) is 21.3. The van der Waals surface area contributed by atoms with Gasteiger partial charge in [0.05, 0.1) is 15.5 Å². The Labute approximate surface area is 241 Å². The van der Waals surface area contributed by atoms with Crippen LogP contribution in [0.25, 0.3) is 0 Å². The summed E-state index contributed by atoms with van der Waals surface area (Å²) >= 11 is 0. The summed E-state index contributed by atoms with van der Waals surface area (Å²) in [7, 11) is -4.24. The van der Waals surface area contributed by atoms with Crippen molar-refractivity contribution in [2.24, 2.45) is 0 Å². The Morgan fingerprint density at radius 2 is 1.54 bits per heavy atom. The summed E-state index contributed by atoms with van der Waals surface area (Å²) in [6.45, 7) is 3.90. The summed E-state index contributed by atoms with van der Waals surface area (Å²) in [5.74, 6) is -0.855. The fraction of sp³-hybridized carbons (Fsp3) is 0.333. The molecule has 0 radical (unpaired) electrons. The SMILES string of the molecule is CCCCNC(=O)[C@@H](CC)N(CCc1ccccc1)C(=O)CN(c1ccc([N+](=O)[O-])cc1)S(=O)(=O)c1ccccc1. The molecule has 218 valence electrons. The van der Waals surface area contributed by atoms with Crippen LogP contribution >= 0.6 is 0 Å². The van der Waals surface area contributed by atoms with Gasteiger partial charge in [0.25, 0.3) is 15.7 Å². The molecule has 0 spiro atoms. The smallest absolute Gasteiger partial charge is 0.269 e. The molecule has 3 aromatic rings. The zero-order valence-electron chi connectivity index (χ0n) is 23.3. The Balaban J connectivity index is 1.99. The van der Waals surface area contributed by atoms with Crippen LogP contribution in [0.1, 0.15) is 38.7 Å². The number of hydrogen-bond donors (Lipinski definition) is 1. The van der Waals surface area contributed by atoms with E-state index in [2.05, 4.69) is 5.32 Å². The molecule has 0 saturated heterocycles. The quantitative estimate of drug-likeness (QED) is 0.159. The zero-order valence-corrected chi connectivity index (χ0v) is 24.1. The lowest BCUT2D eigenvalue weighted by Crippen LogP contribution is -2.53. The highest BCUT2D eigenvalue weighted by Crippen LogP contribution is 2.26. The fourth-order valence-corrected chi connectivity index (χ4v) is 5.83. The van der Waals surface area contributed by atoms with E-state index in [4.69, 9.17) is 0 Å². The topological polar surface area (TPSA) is 130 Å². The van der Waals surface area contributed by atoms with Crippen LogP contribution in [-0.4, -0.2) is 55.7 Å². The molecule has 41 heavy (non-hydrogen) atoms. The van der Waals surface area contributed by atoms with Crippen molar-refractivity contribution in [3.05, 3.63) is 101 Å². The lowest BCUT2D eigenvalue weighted by Gasteiger charge is -2.33. The molecule has 0 unspecified atom stereocenters. The molecule has 0 heterocycles. The molecule has 1 atom stereocenters. The zero-order chi connectivity index (χ0) is 29.8. The van der Waals surface area contributed by atoms with Gasteiger partial charge in [-0.3, -0.25) is 24.0 Å². The second kappa shape index (κ2) is 14.9. The van der Waals surface area contributed by atoms with E-state index >= 15 is 0 Å². The van der Waals surface area contributed by atoms with Gasteiger partial charge in [0.1, 0.15) is 12.6 Å². The summed E-state index contributed by atoms with van der Waals surface area (Å²) in [5, 5.41) is 14.1. The first-order valence-electron chi connectivity index (χ1n) is 13.6. The second-order valence-electron chi connectivity index (χ2n) is 9.49. The fourth-order valence-electron chi connectivity index (χ4n) is 4.39. The van der Waals surface area contributed by atoms with Gasteiger partial charge in [-0.1, -0.05) is 68.8 Å². The van der Waals surface area contributed by atoms with Crippen LogP contribution < -0.4 is 9.62 Å². The molecule has 1 N–H and O–H groups in total. The molecule has 0 aliphatic rings. The second-order valence-corrected chi connectivity index (χ2v) is 11.4. The van der Waals surface area contributed by atoms with Gasteiger partial charge in [-0.2, -0.15) is 0 Å². The Hall–Kier alpha value is -4.25. The van der Waals surface area contributed by atoms with Crippen LogP contribution in [0.4, 0.5) is 11.4 Å². The predicted molar refractivity (Wildman–Crippen MR) is 158 cm³/mol. The van der Waals surface area contributed by atoms with Crippen molar-refractivity contribution >= 4 is 33.2 Å². The first kappa shape index (κ1) is 31.3. The van der Waals surface area contributed by atoms with E-state index in [0.717, 1.165) is 22.7 Å². The molecule has 11 heteroatoms. The summed E-state index contributed by atoms with van der Waals surface area (Å²) in [5.41, 5.74) is 0.850. The third kappa shape index (κ3) is 8.37. The summed E-state index contributed by atoms with van der Waals surface area (Å²) < 4.78 is 28.5. The van der Waals surface area contributed by atoms with Crippen LogP contribution in [0.2, 0.25) is 0 Å². The lowest BCUT2D eigenvalue weighted by atomic mass is 10.1. The molecule has 0 aromatic heterocycles. The van der Waals surface area contributed by atoms with Crippen molar-refractivity contribution in [1.82, 2.24) is 10.2 Å². The largest absolute Gasteiger partial charge is 0.354 e. The number of amides is 2. The monoisotopic (exact) mass is 580 g/mol. The van der Waals surface area contributed by atoms with Crippen LogP contribution in [0, 0.1) is 10.1 Å². The van der Waals surface area contributed by atoms with Crippen molar-refractivity contribution in [3.63, 3.8) is 0 Å². The summed E-state index contributed by atoms with van der Waals surface area (Å²) in [4.78, 5) is 39.2. The van der Waals surface area contributed by atoms with Gasteiger partial charge in [0.2, 0.25) is 11.8 Å². The molecule has 0 fully saturated rings. The number of carbonyl (C=O) groups excluding carboxylic acids is 2. The van der Waals surface area contributed by atoms with Crippen molar-refractivity contribution < 1.29 is 22.9 Å². The standard InChI is InChI=1S/C30H36N4O6S/c1-3-5-21-31-30(36)28(4-2)32(22-20-24-12-8-6-9-13-24)29(35)23-33(25-16-18-26(19-17-25)34(37)38)41(39,40)27-14-10-7-11-15-27/h6-19,28H,3-5,20-23H2,1-2H3,(H,31,36)/t28-/m1/s1. The molecule has 3 aromatic carbocycles. The molecule has 0 aliphatic heterocycles. The Morgan fingerprint density at radius 1 is 0.927 bits per heavy atom. The molecular weight excluding hydrogens is 544 g/mol. The molecule has 2 amide bonds. The third-order valence-corrected chi connectivity index (χ3v) is 8.45. The molecule has 10 nitrogen and oxygen atoms in total. The maximum Gasteiger partial charge on any atom is 0.269 e. The third-order valence-electron chi connectivity index (χ3n) is 6.66. The Morgan fingerprint density at radius 3 is 2.10 bits per heavy atom. The first-order chi connectivity index (χ1) is 19.7. The molecular formula is C30H36N4O6S. The van der Waals surface area contributed by atoms with E-state index in [-0.39, 0.29) is 28.7 Å². The number of carbonyl (C=O) groups is 2. The number of benzene rings is 3. The van der Waals surface area contributed by atoms with Crippen LogP contribution in [0.3, 0.4) is 0 Å². The van der Waals surface area contributed by atoms with Crippen molar-refractivity contribution in [2.75, 3.05) is 23.9 Å². The number of hydrogen-bond acceptors (Lipinski definition) is 6. The predicted octanol–water partition coefficient (Wildman–Crippen LogP) is 4.56. The number of nitrogens with zero attached hydrogens (tertiary/aromatic N) is 3. The van der Waals surface area contributed by atoms with Gasteiger partial charge in [-0.25, -0.2) is 8.42 Å². The average Bonchev–Trinajstić information content (AvgIpc) is 2.99. The van der Waals surface area contributed by atoms with Crippen molar-refractivity contribution in [3.8, 4) is 0 Å². The van der Waals surface area contributed by atoms with Gasteiger partial charge in [-0.15, -0.1) is 0 Å². The van der Waals surface area contributed by atoms with Crippen LogP contribution in [0.5, 0.6) is 0 Å². The van der Waals surface area contributed by atoms with E-state index in [1.807, 2.05) is 44.2 Å². The van der Waals surface area contributed by atoms with E-state index in [0.29, 0.717) is 19.4 Å². The lowest BCUT2D eigenvalue weighted by molar-refractivity contribution is -0.384. The minimum Gasteiger partial charge on any atom is -0.354 e. The maximum absolute atomic E-state index is 14.0. The molecule has 0 saturated carbocycles. The highest BCUT2D eigenvalue weighted by Gasteiger charge is 2.33. The Kier molecular flexibility index (Phi) is 11.4. The van der Waals surface area contributed by atoms with E-state index < -0.39 is 33.4 Å². The first-order valence-corrected chi connectivity index (χ1v) is 15.1. The highest BCUT2D eigenvalue weighted by atomic mass is 32.2. The number of nitrogens with one attached hydrogen (secondary N) is 1. The van der Waals surface area contributed by atoms with Crippen LogP contribution in [-0.2, 0) is 26.0 Å². The van der Waals surface area contributed by atoms with Gasteiger partial charge in [-0.05, 0) is 49.1 Å². The van der Waals surface area contributed by atoms with Gasteiger partial charge in [0, 0.05) is 25.2 Å². The number of sulfonamides is 1. The van der Waals surface area contributed by atoms with Crippen molar-refractivity contribution in [1.29, 1.82) is 0 Å². The normalized spacial score (nSPS) is 11.9. The van der Waals surface area contributed by atoms with E-state index in [1.54, 1.807) is 18.2 Å². The summed E-state index contributed by atoms with van der Waals surface area (Å²) in [6.07, 6.45) is 2.49. The van der Waals surface area contributed by atoms with Gasteiger partial charge in [0.15, 0.2) is 0 Å². The minimum absolute atomic E-state index is 0.0358. The van der Waals surface area contributed by atoms with Crippen molar-refractivity contribution in [2.45, 2.75) is 50.5 Å². The number of nitro benzene ring substituents is 1. The minimum atomic E-state index is -4.24. The van der Waals surface area contributed by atoms with Crippen LogP contribution in [0.15, 0.2) is 89.8 Å². The molecule has 3 rings (SSSR count).